The highest BCUT2D eigenvalue weighted by Crippen LogP contribution is 2.24. The van der Waals surface area contributed by atoms with Crippen molar-refractivity contribution >= 4 is 11.6 Å². The number of fused-ring (bicyclic) bond motifs is 1. The highest BCUT2D eigenvalue weighted by Gasteiger charge is 2.24. The average Bonchev–Trinajstić information content (AvgIpc) is 2.44. The maximum absolute atomic E-state index is 12.3. The van der Waals surface area contributed by atoms with E-state index in [4.69, 9.17) is 0 Å². The van der Waals surface area contributed by atoms with Gasteiger partial charge in [0.15, 0.2) is 11.6 Å². The van der Waals surface area contributed by atoms with E-state index in [0.29, 0.717) is 16.7 Å². The van der Waals surface area contributed by atoms with E-state index in [9.17, 15) is 9.59 Å². The first-order valence-electron chi connectivity index (χ1n) is 7.12. The van der Waals surface area contributed by atoms with Crippen molar-refractivity contribution in [2.75, 3.05) is 0 Å². The molecule has 1 aliphatic rings. The van der Waals surface area contributed by atoms with Gasteiger partial charge in [0.2, 0.25) is 0 Å². The van der Waals surface area contributed by atoms with Crippen LogP contribution in [0.1, 0.15) is 66.2 Å². The number of hydrogen-bond acceptors (Lipinski definition) is 2. The van der Waals surface area contributed by atoms with Gasteiger partial charge in [-0.15, -0.1) is 0 Å². The van der Waals surface area contributed by atoms with Crippen molar-refractivity contribution in [1.82, 2.24) is 0 Å². The first-order chi connectivity index (χ1) is 9.24. The molecule has 1 aromatic rings. The summed E-state index contributed by atoms with van der Waals surface area (Å²) in [6.07, 6.45) is 8.05. The van der Waals surface area contributed by atoms with Gasteiger partial charge in [0.1, 0.15) is 0 Å². The summed E-state index contributed by atoms with van der Waals surface area (Å²) in [4.78, 5) is 24.2. The fourth-order valence-corrected chi connectivity index (χ4v) is 2.48. The summed E-state index contributed by atoms with van der Waals surface area (Å²) in [5.41, 5.74) is 1.79. The molecule has 2 nitrogen and oxygen atoms in total. The highest BCUT2D eigenvalue weighted by molar-refractivity contribution is 6.24. The molecule has 1 aliphatic carbocycles. The Bertz CT molecular complexity index is 512. The van der Waals surface area contributed by atoms with Crippen molar-refractivity contribution in [2.24, 2.45) is 0 Å². The third-order valence-electron chi connectivity index (χ3n) is 3.58. The summed E-state index contributed by atoms with van der Waals surface area (Å²) in [6, 6.07) is 7.09. The molecule has 0 radical (unpaired) electrons. The molecule has 0 saturated carbocycles. The minimum absolute atomic E-state index is 0.0289. The van der Waals surface area contributed by atoms with Crippen LogP contribution < -0.4 is 0 Å². The standard InChI is InChI=1S/C17H20O2/c1-2-3-4-5-6-9-13-12-16(18)14-10-7-8-11-15(14)17(13)19/h7-8,10-12H,2-6,9H2,1H3. The minimum Gasteiger partial charge on any atom is -0.289 e. The number of allylic oxidation sites excluding steroid dienone is 2. The zero-order valence-corrected chi connectivity index (χ0v) is 11.4. The average molecular weight is 256 g/mol. The quantitative estimate of drug-likeness (QED) is 0.709. The highest BCUT2D eigenvalue weighted by atomic mass is 16.1. The van der Waals surface area contributed by atoms with Crippen LogP contribution in [0.2, 0.25) is 0 Å². The second kappa shape index (κ2) is 6.46. The molecule has 0 N–H and O–H groups in total. The van der Waals surface area contributed by atoms with Crippen molar-refractivity contribution in [1.29, 1.82) is 0 Å². The van der Waals surface area contributed by atoms with Crippen LogP contribution in [0.25, 0.3) is 0 Å². The Morgan fingerprint density at radius 2 is 1.58 bits per heavy atom. The monoisotopic (exact) mass is 256 g/mol. The number of hydrogen-bond donors (Lipinski definition) is 0. The number of Topliss-reactive ketones (excluding diaryl/α,β-unsaturated/α-hetero) is 1. The fourth-order valence-electron chi connectivity index (χ4n) is 2.48. The van der Waals surface area contributed by atoms with Crippen LogP contribution >= 0.6 is 0 Å². The van der Waals surface area contributed by atoms with Crippen LogP contribution in [0.4, 0.5) is 0 Å². The zero-order chi connectivity index (χ0) is 13.7. The summed E-state index contributed by atoms with van der Waals surface area (Å²) in [5.74, 6) is 0.00412. The smallest absolute Gasteiger partial charge is 0.189 e. The van der Waals surface area contributed by atoms with Gasteiger partial charge in [-0.25, -0.2) is 0 Å². The molecule has 0 atom stereocenters. The molecule has 0 unspecified atom stereocenters. The Balaban J connectivity index is 2.00. The molecule has 2 heteroatoms. The van der Waals surface area contributed by atoms with Crippen molar-refractivity contribution in [2.45, 2.75) is 45.4 Å². The number of unbranched alkanes of at least 4 members (excludes halogenated alkanes) is 4. The number of rotatable bonds is 6. The van der Waals surface area contributed by atoms with Crippen LogP contribution in [-0.4, -0.2) is 11.6 Å². The molecule has 0 heterocycles. The maximum atomic E-state index is 12.3. The first-order valence-corrected chi connectivity index (χ1v) is 7.12. The lowest BCUT2D eigenvalue weighted by Crippen LogP contribution is -2.16. The number of carbonyl (C=O) groups excluding carboxylic acids is 2. The lowest BCUT2D eigenvalue weighted by molar-refractivity contribution is 0.0981. The Labute approximate surface area is 114 Å². The third kappa shape index (κ3) is 3.19. The van der Waals surface area contributed by atoms with E-state index in [-0.39, 0.29) is 11.6 Å². The molecule has 0 bridgehead atoms. The van der Waals surface area contributed by atoms with Crippen LogP contribution in [0.5, 0.6) is 0 Å². The second-order valence-corrected chi connectivity index (χ2v) is 5.07. The summed E-state index contributed by atoms with van der Waals surface area (Å²) in [6.45, 7) is 2.18. The van der Waals surface area contributed by atoms with Gasteiger partial charge in [0, 0.05) is 16.7 Å². The molecule has 0 aliphatic heterocycles. The van der Waals surface area contributed by atoms with Gasteiger partial charge in [0.05, 0.1) is 0 Å². The van der Waals surface area contributed by atoms with Crippen LogP contribution in [0, 0.1) is 0 Å². The van der Waals surface area contributed by atoms with Gasteiger partial charge in [-0.2, -0.15) is 0 Å². The molecule has 100 valence electrons. The molecule has 0 fully saturated rings. The predicted octanol–water partition coefficient (Wildman–Crippen LogP) is 4.35. The van der Waals surface area contributed by atoms with E-state index in [1.165, 1.54) is 25.3 Å². The van der Waals surface area contributed by atoms with Crippen molar-refractivity contribution in [3.05, 3.63) is 47.0 Å². The van der Waals surface area contributed by atoms with E-state index < -0.39 is 0 Å². The predicted molar refractivity (Wildman–Crippen MR) is 76.6 cm³/mol. The van der Waals surface area contributed by atoms with Crippen LogP contribution in [0.3, 0.4) is 0 Å². The van der Waals surface area contributed by atoms with Gasteiger partial charge in [-0.3, -0.25) is 9.59 Å². The van der Waals surface area contributed by atoms with E-state index >= 15 is 0 Å². The minimum atomic E-state index is -0.0289. The third-order valence-corrected chi connectivity index (χ3v) is 3.58. The van der Waals surface area contributed by atoms with Crippen molar-refractivity contribution in [3.63, 3.8) is 0 Å². The lowest BCUT2D eigenvalue weighted by atomic mass is 9.87. The van der Waals surface area contributed by atoms with E-state index in [0.717, 1.165) is 19.3 Å². The number of benzene rings is 1. The van der Waals surface area contributed by atoms with Gasteiger partial charge in [-0.05, 0) is 18.9 Å². The molecule has 19 heavy (non-hydrogen) atoms. The molecule has 0 aromatic heterocycles. The van der Waals surface area contributed by atoms with Gasteiger partial charge in [0.25, 0.3) is 0 Å². The molecule has 0 saturated heterocycles. The molecular weight excluding hydrogens is 236 g/mol. The molecule has 1 aromatic carbocycles. The zero-order valence-electron chi connectivity index (χ0n) is 11.4. The molecular formula is C17H20O2. The van der Waals surface area contributed by atoms with Crippen molar-refractivity contribution < 1.29 is 9.59 Å². The van der Waals surface area contributed by atoms with Crippen LogP contribution in [-0.2, 0) is 0 Å². The molecule has 0 amide bonds. The Kier molecular flexibility index (Phi) is 4.67. The van der Waals surface area contributed by atoms with E-state index in [2.05, 4.69) is 6.92 Å². The van der Waals surface area contributed by atoms with Gasteiger partial charge < -0.3 is 0 Å². The summed E-state index contributed by atoms with van der Waals surface area (Å²) in [7, 11) is 0. The SMILES string of the molecule is CCCCCCCC1=CC(=O)c2ccccc2C1=O. The van der Waals surface area contributed by atoms with Crippen molar-refractivity contribution in [3.8, 4) is 0 Å². The fraction of sp³-hybridized carbons (Fsp3) is 0.412. The second-order valence-electron chi connectivity index (χ2n) is 5.07. The number of carbonyl (C=O) groups is 2. The van der Waals surface area contributed by atoms with Gasteiger partial charge in [-0.1, -0.05) is 56.9 Å². The van der Waals surface area contributed by atoms with E-state index in [1.54, 1.807) is 18.2 Å². The maximum Gasteiger partial charge on any atom is 0.189 e. The normalized spacial score (nSPS) is 14.3. The molecule has 0 spiro atoms. The molecule has 2 rings (SSSR count). The Morgan fingerprint density at radius 3 is 2.32 bits per heavy atom. The summed E-state index contributed by atoms with van der Waals surface area (Å²) >= 11 is 0. The first kappa shape index (κ1) is 13.7. The Hall–Kier alpha value is -1.70. The van der Waals surface area contributed by atoms with Crippen LogP contribution in [0.15, 0.2) is 35.9 Å². The lowest BCUT2D eigenvalue weighted by Gasteiger charge is -2.14. The summed E-state index contributed by atoms with van der Waals surface area (Å²) < 4.78 is 0. The topological polar surface area (TPSA) is 34.1 Å². The number of ketones is 2. The largest absolute Gasteiger partial charge is 0.289 e. The van der Waals surface area contributed by atoms with E-state index in [1.807, 2.05) is 6.07 Å². The van der Waals surface area contributed by atoms with Gasteiger partial charge >= 0.3 is 0 Å². The Morgan fingerprint density at radius 1 is 0.895 bits per heavy atom. The summed E-state index contributed by atoms with van der Waals surface area (Å²) in [5, 5.41) is 0.